The molecule has 0 aliphatic rings. The van der Waals surface area contributed by atoms with E-state index < -0.39 is 29.7 Å². The Morgan fingerprint density at radius 2 is 2.00 bits per heavy atom. The van der Waals surface area contributed by atoms with Crippen molar-refractivity contribution < 1.29 is 18.3 Å². The van der Waals surface area contributed by atoms with Crippen molar-refractivity contribution in [2.45, 2.75) is 25.9 Å². The molecule has 0 amide bonds. The lowest BCUT2D eigenvalue weighted by molar-refractivity contribution is -0.142. The standard InChI is InChI=1S/C12H15F2NO2/c1-7(15-8(2)12(16)17-3)10-6-9(13)4-5-11(10)14/h4-8,15H,1-3H3. The highest BCUT2D eigenvalue weighted by Gasteiger charge is 2.18. The Labute approximate surface area is 98.8 Å². The normalized spacial score (nSPS) is 14.2. The number of carbonyl (C=O) groups excluding carboxylic acids is 1. The summed E-state index contributed by atoms with van der Waals surface area (Å²) in [6, 6.07) is 2.15. The second-order valence-electron chi connectivity index (χ2n) is 3.80. The Bertz CT molecular complexity index is 409. The van der Waals surface area contributed by atoms with Crippen LogP contribution >= 0.6 is 0 Å². The lowest BCUT2D eigenvalue weighted by atomic mass is 10.1. The summed E-state index contributed by atoms with van der Waals surface area (Å²) in [4.78, 5) is 11.2. The van der Waals surface area contributed by atoms with Gasteiger partial charge in [-0.1, -0.05) is 0 Å². The Morgan fingerprint density at radius 3 is 2.59 bits per heavy atom. The summed E-state index contributed by atoms with van der Waals surface area (Å²) in [5.41, 5.74) is 0.181. The van der Waals surface area contributed by atoms with Crippen LogP contribution in [0.4, 0.5) is 8.78 Å². The van der Waals surface area contributed by atoms with E-state index in [0.717, 1.165) is 18.2 Å². The van der Waals surface area contributed by atoms with Gasteiger partial charge in [-0.3, -0.25) is 10.1 Å². The third-order valence-electron chi connectivity index (χ3n) is 2.48. The zero-order valence-corrected chi connectivity index (χ0v) is 9.96. The Morgan fingerprint density at radius 1 is 1.35 bits per heavy atom. The second-order valence-corrected chi connectivity index (χ2v) is 3.80. The lowest BCUT2D eigenvalue weighted by Crippen LogP contribution is -2.36. The van der Waals surface area contributed by atoms with Crippen LogP contribution in [-0.4, -0.2) is 19.1 Å². The van der Waals surface area contributed by atoms with Crippen LogP contribution in [0.5, 0.6) is 0 Å². The van der Waals surface area contributed by atoms with Gasteiger partial charge >= 0.3 is 5.97 Å². The van der Waals surface area contributed by atoms with Crippen LogP contribution in [-0.2, 0) is 9.53 Å². The Balaban J connectivity index is 2.79. The zero-order chi connectivity index (χ0) is 13.0. The molecule has 0 heterocycles. The molecule has 2 unspecified atom stereocenters. The number of carbonyl (C=O) groups is 1. The molecule has 3 nitrogen and oxygen atoms in total. The van der Waals surface area contributed by atoms with E-state index in [1.165, 1.54) is 7.11 Å². The van der Waals surface area contributed by atoms with Gasteiger partial charge in [0.2, 0.25) is 0 Å². The number of hydrogen-bond acceptors (Lipinski definition) is 3. The van der Waals surface area contributed by atoms with Crippen LogP contribution in [0.1, 0.15) is 25.5 Å². The third kappa shape index (κ3) is 3.49. The molecule has 0 aliphatic heterocycles. The minimum Gasteiger partial charge on any atom is -0.468 e. The SMILES string of the molecule is COC(=O)C(C)NC(C)c1cc(F)ccc1F. The Hall–Kier alpha value is -1.49. The average molecular weight is 243 g/mol. The predicted molar refractivity (Wildman–Crippen MR) is 59.4 cm³/mol. The van der Waals surface area contributed by atoms with Crippen LogP contribution in [0.2, 0.25) is 0 Å². The maximum atomic E-state index is 13.4. The maximum absolute atomic E-state index is 13.4. The molecule has 0 saturated carbocycles. The summed E-state index contributed by atoms with van der Waals surface area (Å²) >= 11 is 0. The van der Waals surface area contributed by atoms with E-state index in [4.69, 9.17) is 0 Å². The number of esters is 1. The fourth-order valence-electron chi connectivity index (χ4n) is 1.56. The number of hydrogen-bond donors (Lipinski definition) is 1. The van der Waals surface area contributed by atoms with Crippen LogP contribution in [0.25, 0.3) is 0 Å². The van der Waals surface area contributed by atoms with E-state index in [9.17, 15) is 13.6 Å². The van der Waals surface area contributed by atoms with Gasteiger partial charge in [-0.05, 0) is 32.0 Å². The van der Waals surface area contributed by atoms with E-state index in [1.807, 2.05) is 0 Å². The van der Waals surface area contributed by atoms with Crippen LogP contribution < -0.4 is 5.32 Å². The highest BCUT2D eigenvalue weighted by Crippen LogP contribution is 2.18. The van der Waals surface area contributed by atoms with Crippen LogP contribution in [0.15, 0.2) is 18.2 Å². The molecule has 0 spiro atoms. The number of methoxy groups -OCH3 is 1. The van der Waals surface area contributed by atoms with Crippen molar-refractivity contribution in [3.8, 4) is 0 Å². The summed E-state index contributed by atoms with van der Waals surface area (Å²) in [6.45, 7) is 3.25. The molecule has 0 aliphatic carbocycles. The molecule has 0 fully saturated rings. The first-order valence-electron chi connectivity index (χ1n) is 5.24. The summed E-state index contributed by atoms with van der Waals surface area (Å²) in [6.07, 6.45) is 0. The van der Waals surface area contributed by atoms with E-state index in [-0.39, 0.29) is 5.56 Å². The topological polar surface area (TPSA) is 38.3 Å². The highest BCUT2D eigenvalue weighted by molar-refractivity contribution is 5.75. The fraction of sp³-hybridized carbons (Fsp3) is 0.417. The van der Waals surface area contributed by atoms with Crippen molar-refractivity contribution in [2.24, 2.45) is 0 Å². The van der Waals surface area contributed by atoms with Crippen LogP contribution in [0.3, 0.4) is 0 Å². The number of halogens is 2. The van der Waals surface area contributed by atoms with Crippen molar-refractivity contribution in [3.63, 3.8) is 0 Å². The van der Waals surface area contributed by atoms with Gasteiger partial charge in [-0.15, -0.1) is 0 Å². The first kappa shape index (κ1) is 13.6. The molecule has 1 rings (SSSR count). The minimum absolute atomic E-state index is 0.181. The number of benzene rings is 1. The zero-order valence-electron chi connectivity index (χ0n) is 9.96. The summed E-state index contributed by atoms with van der Waals surface area (Å²) in [7, 11) is 1.27. The van der Waals surface area contributed by atoms with E-state index in [0.29, 0.717) is 0 Å². The van der Waals surface area contributed by atoms with Gasteiger partial charge in [0.1, 0.15) is 17.7 Å². The minimum atomic E-state index is -0.585. The molecular formula is C12H15F2NO2. The van der Waals surface area contributed by atoms with Crippen molar-refractivity contribution in [3.05, 3.63) is 35.4 Å². The van der Waals surface area contributed by atoms with Gasteiger partial charge in [0.05, 0.1) is 7.11 Å². The van der Waals surface area contributed by atoms with E-state index in [2.05, 4.69) is 10.1 Å². The first-order valence-corrected chi connectivity index (χ1v) is 5.24. The molecule has 1 aromatic carbocycles. The largest absolute Gasteiger partial charge is 0.468 e. The molecule has 2 atom stereocenters. The van der Waals surface area contributed by atoms with Gasteiger partial charge in [-0.25, -0.2) is 8.78 Å². The van der Waals surface area contributed by atoms with Gasteiger partial charge in [0.15, 0.2) is 0 Å². The summed E-state index contributed by atoms with van der Waals surface area (Å²) in [5, 5.41) is 2.83. The van der Waals surface area contributed by atoms with Gasteiger partial charge in [0, 0.05) is 11.6 Å². The van der Waals surface area contributed by atoms with Crippen molar-refractivity contribution >= 4 is 5.97 Å². The first-order chi connectivity index (χ1) is 7.95. The molecule has 1 aromatic rings. The molecule has 0 bridgehead atoms. The van der Waals surface area contributed by atoms with Crippen molar-refractivity contribution in [1.82, 2.24) is 5.32 Å². The maximum Gasteiger partial charge on any atom is 0.322 e. The van der Waals surface area contributed by atoms with Crippen molar-refractivity contribution in [1.29, 1.82) is 0 Å². The molecule has 0 aromatic heterocycles. The number of ether oxygens (including phenoxy) is 1. The molecular weight excluding hydrogens is 228 g/mol. The van der Waals surface area contributed by atoms with Gasteiger partial charge in [0.25, 0.3) is 0 Å². The second kappa shape index (κ2) is 5.72. The van der Waals surface area contributed by atoms with Crippen LogP contribution in [0, 0.1) is 11.6 Å². The molecule has 17 heavy (non-hydrogen) atoms. The Kier molecular flexibility index (Phi) is 4.57. The van der Waals surface area contributed by atoms with Crippen molar-refractivity contribution in [2.75, 3.05) is 7.11 Å². The number of nitrogens with one attached hydrogen (secondary N) is 1. The molecule has 0 saturated heterocycles. The predicted octanol–water partition coefficient (Wildman–Crippen LogP) is 2.18. The van der Waals surface area contributed by atoms with E-state index in [1.54, 1.807) is 13.8 Å². The summed E-state index contributed by atoms with van der Waals surface area (Å²) < 4.78 is 30.9. The number of rotatable bonds is 4. The van der Waals surface area contributed by atoms with Gasteiger partial charge in [-0.2, -0.15) is 0 Å². The summed E-state index contributed by atoms with van der Waals surface area (Å²) in [5.74, 6) is -1.47. The highest BCUT2D eigenvalue weighted by atomic mass is 19.1. The third-order valence-corrected chi connectivity index (χ3v) is 2.48. The lowest BCUT2D eigenvalue weighted by Gasteiger charge is -2.19. The smallest absolute Gasteiger partial charge is 0.322 e. The average Bonchev–Trinajstić information content (AvgIpc) is 2.30. The molecule has 0 radical (unpaired) electrons. The fourth-order valence-corrected chi connectivity index (χ4v) is 1.56. The molecule has 94 valence electrons. The monoisotopic (exact) mass is 243 g/mol. The quantitative estimate of drug-likeness (QED) is 0.824. The molecule has 1 N–H and O–H groups in total. The van der Waals surface area contributed by atoms with Gasteiger partial charge < -0.3 is 4.74 Å². The molecule has 5 heteroatoms. The van der Waals surface area contributed by atoms with E-state index >= 15 is 0 Å².